The van der Waals surface area contributed by atoms with Crippen LogP contribution in [0.3, 0.4) is 0 Å². The number of hydrogen-bond acceptors (Lipinski definition) is 7. The predicted molar refractivity (Wildman–Crippen MR) is 102 cm³/mol. The number of aromatic amines is 1. The number of nitrogens with one attached hydrogen (secondary N) is 3. The maximum atomic E-state index is 11.7. The molecule has 2 amide bonds. The van der Waals surface area contributed by atoms with Gasteiger partial charge in [-0.1, -0.05) is 0 Å². The van der Waals surface area contributed by atoms with Crippen molar-refractivity contribution in [1.82, 2.24) is 25.5 Å². The first-order valence-corrected chi connectivity index (χ1v) is 9.27. The van der Waals surface area contributed by atoms with Crippen molar-refractivity contribution < 1.29 is 14.3 Å². The molecule has 1 aliphatic carbocycles. The summed E-state index contributed by atoms with van der Waals surface area (Å²) in [6.45, 7) is 3.79. The molecule has 10 nitrogen and oxygen atoms in total. The van der Waals surface area contributed by atoms with Gasteiger partial charge in [0.1, 0.15) is 11.9 Å². The van der Waals surface area contributed by atoms with Crippen molar-refractivity contribution in [3.8, 4) is 0 Å². The predicted octanol–water partition coefficient (Wildman–Crippen LogP) is 1.74. The Balaban J connectivity index is 1.56. The van der Waals surface area contributed by atoms with Crippen LogP contribution in [0, 0.1) is 0 Å². The van der Waals surface area contributed by atoms with Gasteiger partial charge in [-0.3, -0.25) is 14.9 Å². The van der Waals surface area contributed by atoms with E-state index in [1.807, 2.05) is 19.9 Å². The molecule has 0 aliphatic heterocycles. The lowest BCUT2D eigenvalue weighted by atomic mass is 10.0. The molecule has 150 valence electrons. The fraction of sp³-hybridized carbons (Fsp3) is 0.500. The zero-order valence-electron chi connectivity index (χ0n) is 15.9. The summed E-state index contributed by atoms with van der Waals surface area (Å²) >= 11 is 0. The molecular formula is C18H25N7O3. The van der Waals surface area contributed by atoms with E-state index in [4.69, 9.17) is 10.5 Å². The Morgan fingerprint density at radius 1 is 1.32 bits per heavy atom. The Labute approximate surface area is 162 Å². The molecule has 1 fully saturated rings. The molecule has 2 aromatic rings. The van der Waals surface area contributed by atoms with Gasteiger partial charge in [0.05, 0.1) is 18.3 Å². The van der Waals surface area contributed by atoms with E-state index < -0.39 is 5.91 Å². The van der Waals surface area contributed by atoms with E-state index in [1.165, 1.54) is 6.20 Å². The van der Waals surface area contributed by atoms with Crippen molar-refractivity contribution in [3.63, 3.8) is 0 Å². The Morgan fingerprint density at radius 3 is 2.89 bits per heavy atom. The SMILES string of the molecule is CC(C)NC(=O)O[C@@H]1CC[C@H](c2cc(Nc3cncc(CC(N)=O)n3)n[nH]2)C1. The second-order valence-electron chi connectivity index (χ2n) is 7.21. The van der Waals surface area contributed by atoms with Crippen molar-refractivity contribution in [1.29, 1.82) is 0 Å². The van der Waals surface area contributed by atoms with Gasteiger partial charge < -0.3 is 21.1 Å². The van der Waals surface area contributed by atoms with Gasteiger partial charge in [-0.2, -0.15) is 5.10 Å². The lowest BCUT2D eigenvalue weighted by Crippen LogP contribution is -2.33. The molecule has 2 heterocycles. The highest BCUT2D eigenvalue weighted by Gasteiger charge is 2.30. The molecule has 2 aromatic heterocycles. The number of hydrogen-bond donors (Lipinski definition) is 4. The number of amides is 2. The van der Waals surface area contributed by atoms with Crippen LogP contribution in [0.25, 0.3) is 0 Å². The highest BCUT2D eigenvalue weighted by Crippen LogP contribution is 2.36. The van der Waals surface area contributed by atoms with Crippen molar-refractivity contribution in [3.05, 3.63) is 29.8 Å². The number of primary amides is 1. The standard InChI is InChI=1S/C18H25N7O3/c1-10(2)21-18(27)28-13-4-3-11(5-13)14-7-16(25-24-14)23-17-9-20-8-12(22-17)6-15(19)26/h7-11,13H,3-6H2,1-2H3,(H2,19,26)(H,21,27)(H2,22,23,24,25)/t11-,13+/m0/s1. The molecule has 0 unspecified atom stereocenters. The number of ether oxygens (including phenoxy) is 1. The number of rotatable bonds is 7. The number of carbonyl (C=O) groups excluding carboxylic acids is 2. The third kappa shape index (κ3) is 5.41. The van der Waals surface area contributed by atoms with E-state index in [0.717, 1.165) is 25.0 Å². The van der Waals surface area contributed by atoms with E-state index in [2.05, 4.69) is 30.8 Å². The fourth-order valence-electron chi connectivity index (χ4n) is 3.22. The minimum absolute atomic E-state index is 0.0299. The molecule has 2 atom stereocenters. The second kappa shape index (κ2) is 8.68. The monoisotopic (exact) mass is 387 g/mol. The van der Waals surface area contributed by atoms with Gasteiger partial charge in [-0.05, 0) is 33.1 Å². The number of H-pyrrole nitrogens is 1. The summed E-state index contributed by atoms with van der Waals surface area (Å²) < 4.78 is 5.47. The summed E-state index contributed by atoms with van der Waals surface area (Å²) in [5.41, 5.74) is 6.65. The molecule has 0 spiro atoms. The van der Waals surface area contributed by atoms with Gasteiger partial charge in [0, 0.05) is 29.9 Å². The second-order valence-corrected chi connectivity index (χ2v) is 7.21. The quantitative estimate of drug-likeness (QED) is 0.565. The summed E-state index contributed by atoms with van der Waals surface area (Å²) in [7, 11) is 0. The van der Waals surface area contributed by atoms with Crippen LogP contribution < -0.4 is 16.4 Å². The summed E-state index contributed by atoms with van der Waals surface area (Å²) in [6.07, 6.45) is 5.09. The van der Waals surface area contributed by atoms with E-state index in [1.54, 1.807) is 6.20 Å². The third-order valence-corrected chi connectivity index (χ3v) is 4.40. The molecule has 10 heteroatoms. The maximum absolute atomic E-state index is 11.7. The Morgan fingerprint density at radius 2 is 2.14 bits per heavy atom. The first-order chi connectivity index (χ1) is 13.4. The smallest absolute Gasteiger partial charge is 0.407 e. The lowest BCUT2D eigenvalue weighted by molar-refractivity contribution is -0.117. The molecule has 0 radical (unpaired) electrons. The summed E-state index contributed by atoms with van der Waals surface area (Å²) in [5.74, 6) is 0.859. The molecule has 0 aromatic carbocycles. The van der Waals surface area contributed by atoms with Crippen LogP contribution in [0.15, 0.2) is 18.5 Å². The average Bonchev–Trinajstić information content (AvgIpc) is 3.23. The maximum Gasteiger partial charge on any atom is 0.407 e. The normalized spacial score (nSPS) is 18.8. The number of alkyl carbamates (subject to hydrolysis) is 1. The highest BCUT2D eigenvalue weighted by atomic mass is 16.6. The van der Waals surface area contributed by atoms with Crippen LogP contribution in [0.5, 0.6) is 0 Å². The zero-order valence-corrected chi connectivity index (χ0v) is 15.9. The third-order valence-electron chi connectivity index (χ3n) is 4.40. The van der Waals surface area contributed by atoms with Gasteiger partial charge in [-0.15, -0.1) is 0 Å². The van der Waals surface area contributed by atoms with Crippen molar-refractivity contribution >= 4 is 23.6 Å². The topological polar surface area (TPSA) is 148 Å². The fourth-order valence-corrected chi connectivity index (χ4v) is 3.22. The molecule has 1 saturated carbocycles. The first kappa shape index (κ1) is 19.6. The van der Waals surface area contributed by atoms with Gasteiger partial charge in [-0.25, -0.2) is 9.78 Å². The summed E-state index contributed by atoms with van der Waals surface area (Å²) in [5, 5.41) is 13.1. The summed E-state index contributed by atoms with van der Waals surface area (Å²) in [4.78, 5) is 31.1. The van der Waals surface area contributed by atoms with Crippen molar-refractivity contribution in [2.75, 3.05) is 5.32 Å². The molecule has 3 rings (SSSR count). The molecular weight excluding hydrogens is 362 g/mol. The molecule has 0 bridgehead atoms. The van der Waals surface area contributed by atoms with Gasteiger partial charge in [0.25, 0.3) is 0 Å². The molecule has 1 aliphatic rings. The van der Waals surface area contributed by atoms with Crippen LogP contribution in [0.2, 0.25) is 0 Å². The average molecular weight is 387 g/mol. The zero-order chi connectivity index (χ0) is 20.1. The molecule has 0 saturated heterocycles. The van der Waals surface area contributed by atoms with Crippen molar-refractivity contribution in [2.24, 2.45) is 5.73 Å². The van der Waals surface area contributed by atoms with Crippen molar-refractivity contribution in [2.45, 2.75) is 57.6 Å². The van der Waals surface area contributed by atoms with Gasteiger partial charge in [0.15, 0.2) is 5.82 Å². The Hall–Kier alpha value is -3.17. The summed E-state index contributed by atoms with van der Waals surface area (Å²) in [6, 6.07) is 1.96. The lowest BCUT2D eigenvalue weighted by Gasteiger charge is -2.14. The minimum Gasteiger partial charge on any atom is -0.446 e. The number of anilines is 2. The highest BCUT2D eigenvalue weighted by molar-refractivity contribution is 5.76. The van der Waals surface area contributed by atoms with Crippen LogP contribution in [-0.2, 0) is 16.0 Å². The molecule has 5 N–H and O–H groups in total. The van der Waals surface area contributed by atoms with E-state index in [0.29, 0.717) is 17.3 Å². The van der Waals surface area contributed by atoms with Gasteiger partial charge >= 0.3 is 6.09 Å². The largest absolute Gasteiger partial charge is 0.446 e. The number of nitrogens with two attached hydrogens (primary N) is 1. The Bertz CT molecular complexity index is 836. The van der Waals surface area contributed by atoms with E-state index >= 15 is 0 Å². The molecule has 28 heavy (non-hydrogen) atoms. The first-order valence-electron chi connectivity index (χ1n) is 9.27. The number of carbonyl (C=O) groups is 2. The number of aromatic nitrogens is 4. The van der Waals surface area contributed by atoms with Crippen LogP contribution >= 0.6 is 0 Å². The number of nitrogens with zero attached hydrogens (tertiary/aromatic N) is 3. The Kier molecular flexibility index (Phi) is 6.07. The van der Waals surface area contributed by atoms with Crippen LogP contribution in [0.4, 0.5) is 16.4 Å². The van der Waals surface area contributed by atoms with Gasteiger partial charge in [0.2, 0.25) is 5.91 Å². The minimum atomic E-state index is -0.464. The van der Waals surface area contributed by atoms with Crippen LogP contribution in [-0.4, -0.2) is 44.3 Å². The van der Waals surface area contributed by atoms with E-state index in [-0.39, 0.29) is 30.6 Å². The van der Waals surface area contributed by atoms with E-state index in [9.17, 15) is 9.59 Å². The van der Waals surface area contributed by atoms with Crippen LogP contribution in [0.1, 0.15) is 50.4 Å².